The lowest BCUT2D eigenvalue weighted by Crippen LogP contribution is -2.49. The second kappa shape index (κ2) is 9.68. The number of sulfonamides is 1. The highest BCUT2D eigenvalue weighted by atomic mass is 32.2. The van der Waals surface area contributed by atoms with Crippen molar-refractivity contribution < 1.29 is 17.9 Å². The van der Waals surface area contributed by atoms with Gasteiger partial charge in [-0.25, -0.2) is 8.42 Å². The third kappa shape index (κ3) is 6.49. The van der Waals surface area contributed by atoms with Gasteiger partial charge in [0.2, 0.25) is 10.0 Å². The largest absolute Gasteiger partial charge is 0.383 e. The van der Waals surface area contributed by atoms with Gasteiger partial charge >= 0.3 is 0 Å². The molecule has 0 aromatic carbocycles. The molecular weight excluding hydrogens is 280 g/mol. The number of nitrogens with one attached hydrogen (secondary N) is 1. The van der Waals surface area contributed by atoms with E-state index in [1.807, 2.05) is 20.8 Å². The maximum Gasteiger partial charge on any atom is 0.218 e. The topological polar surface area (TPSA) is 67.9 Å². The molecular formula is C13H30N2O4S. The molecule has 0 aliphatic heterocycles. The molecule has 0 spiro atoms. The number of ether oxygens (including phenoxy) is 2. The van der Waals surface area contributed by atoms with Crippen LogP contribution in [0.1, 0.15) is 27.7 Å². The minimum absolute atomic E-state index is 0.207. The summed E-state index contributed by atoms with van der Waals surface area (Å²) < 4.78 is 36.8. The number of rotatable bonds is 11. The number of hydrogen-bond donors (Lipinski definition) is 1. The first-order valence-corrected chi connectivity index (χ1v) is 8.49. The molecule has 0 saturated carbocycles. The van der Waals surface area contributed by atoms with Crippen LogP contribution in [0.15, 0.2) is 0 Å². The summed E-state index contributed by atoms with van der Waals surface area (Å²) in [5.41, 5.74) is 0. The van der Waals surface area contributed by atoms with Crippen LogP contribution in [0.4, 0.5) is 0 Å². The third-order valence-corrected chi connectivity index (χ3v) is 5.44. The second-order valence-electron chi connectivity index (χ2n) is 5.33. The van der Waals surface area contributed by atoms with Crippen molar-refractivity contribution in [1.82, 2.24) is 9.62 Å². The molecule has 0 aliphatic carbocycles. The average molecular weight is 310 g/mol. The SMILES string of the molecule is COCCN(C(C)COC)S(=O)(=O)C(C)CNC(C)C. The molecule has 0 heterocycles. The summed E-state index contributed by atoms with van der Waals surface area (Å²) in [5.74, 6) is 0. The summed E-state index contributed by atoms with van der Waals surface area (Å²) in [5, 5.41) is 2.68. The molecule has 0 aliphatic rings. The van der Waals surface area contributed by atoms with E-state index in [4.69, 9.17) is 9.47 Å². The van der Waals surface area contributed by atoms with Gasteiger partial charge in [0, 0.05) is 39.4 Å². The summed E-state index contributed by atoms with van der Waals surface area (Å²) >= 11 is 0. The van der Waals surface area contributed by atoms with Gasteiger partial charge in [0.25, 0.3) is 0 Å². The maximum absolute atomic E-state index is 12.6. The molecule has 1 N–H and O–H groups in total. The molecule has 0 aromatic heterocycles. The van der Waals surface area contributed by atoms with E-state index in [1.54, 1.807) is 21.1 Å². The molecule has 0 amide bonds. The van der Waals surface area contributed by atoms with E-state index in [9.17, 15) is 8.42 Å². The van der Waals surface area contributed by atoms with Crippen LogP contribution >= 0.6 is 0 Å². The minimum Gasteiger partial charge on any atom is -0.383 e. The fraction of sp³-hybridized carbons (Fsp3) is 1.00. The Morgan fingerprint density at radius 3 is 2.15 bits per heavy atom. The van der Waals surface area contributed by atoms with Gasteiger partial charge in [0.05, 0.1) is 18.5 Å². The van der Waals surface area contributed by atoms with Crippen molar-refractivity contribution in [1.29, 1.82) is 0 Å². The monoisotopic (exact) mass is 310 g/mol. The van der Waals surface area contributed by atoms with Crippen molar-refractivity contribution >= 4 is 10.0 Å². The van der Waals surface area contributed by atoms with Gasteiger partial charge in [0.1, 0.15) is 0 Å². The summed E-state index contributed by atoms with van der Waals surface area (Å²) in [4.78, 5) is 0. The normalized spacial score (nSPS) is 15.8. The van der Waals surface area contributed by atoms with Gasteiger partial charge in [0.15, 0.2) is 0 Å². The zero-order valence-corrected chi connectivity index (χ0v) is 14.4. The molecule has 122 valence electrons. The van der Waals surface area contributed by atoms with Crippen molar-refractivity contribution in [3.63, 3.8) is 0 Å². The zero-order chi connectivity index (χ0) is 15.8. The van der Waals surface area contributed by atoms with Gasteiger partial charge < -0.3 is 14.8 Å². The molecule has 6 nitrogen and oxygen atoms in total. The van der Waals surface area contributed by atoms with Gasteiger partial charge in [-0.2, -0.15) is 4.31 Å². The van der Waals surface area contributed by atoms with E-state index in [0.717, 1.165) is 0 Å². The first-order chi connectivity index (χ1) is 9.27. The van der Waals surface area contributed by atoms with Crippen molar-refractivity contribution in [3.05, 3.63) is 0 Å². The Bertz CT molecular complexity index is 346. The van der Waals surface area contributed by atoms with E-state index < -0.39 is 15.3 Å². The molecule has 0 radical (unpaired) electrons. The molecule has 0 bridgehead atoms. The van der Waals surface area contributed by atoms with Crippen LogP contribution in [0.2, 0.25) is 0 Å². The Kier molecular flexibility index (Phi) is 9.58. The van der Waals surface area contributed by atoms with Crippen molar-refractivity contribution in [2.75, 3.05) is 40.5 Å². The van der Waals surface area contributed by atoms with Crippen LogP contribution < -0.4 is 5.32 Å². The summed E-state index contributed by atoms with van der Waals surface area (Å²) in [6.45, 7) is 9.08. The molecule has 2 unspecified atom stereocenters. The highest BCUT2D eigenvalue weighted by Gasteiger charge is 2.32. The van der Waals surface area contributed by atoms with Gasteiger partial charge in [-0.15, -0.1) is 0 Å². The van der Waals surface area contributed by atoms with Crippen LogP contribution in [0.5, 0.6) is 0 Å². The molecule has 20 heavy (non-hydrogen) atoms. The lowest BCUT2D eigenvalue weighted by atomic mass is 10.3. The van der Waals surface area contributed by atoms with Crippen molar-refractivity contribution in [3.8, 4) is 0 Å². The lowest BCUT2D eigenvalue weighted by Gasteiger charge is -2.30. The summed E-state index contributed by atoms with van der Waals surface area (Å²) in [6.07, 6.45) is 0. The summed E-state index contributed by atoms with van der Waals surface area (Å²) in [6, 6.07) is 0.0538. The summed E-state index contributed by atoms with van der Waals surface area (Å²) in [7, 11) is -0.244. The van der Waals surface area contributed by atoms with E-state index in [0.29, 0.717) is 26.3 Å². The predicted octanol–water partition coefficient (Wildman–Crippen LogP) is 0.686. The highest BCUT2D eigenvalue weighted by Crippen LogP contribution is 2.13. The smallest absolute Gasteiger partial charge is 0.218 e. The molecule has 2 atom stereocenters. The Hall–Kier alpha value is -0.210. The fourth-order valence-corrected chi connectivity index (χ4v) is 3.50. The third-order valence-electron chi connectivity index (χ3n) is 3.06. The number of nitrogens with zero attached hydrogens (tertiary/aromatic N) is 1. The number of methoxy groups -OCH3 is 2. The quantitative estimate of drug-likeness (QED) is 0.608. The van der Waals surface area contributed by atoms with E-state index in [1.165, 1.54) is 4.31 Å². The molecule has 0 rings (SSSR count). The van der Waals surface area contributed by atoms with Crippen LogP contribution in [0.25, 0.3) is 0 Å². The standard InChI is InChI=1S/C13H30N2O4S/c1-11(2)14-9-13(4)20(16,17)15(7-8-18-5)12(3)10-19-6/h11-14H,7-10H2,1-6H3. The van der Waals surface area contributed by atoms with Crippen LogP contribution in [0, 0.1) is 0 Å². The predicted molar refractivity (Wildman–Crippen MR) is 81.4 cm³/mol. The van der Waals surface area contributed by atoms with Crippen LogP contribution in [0.3, 0.4) is 0 Å². The van der Waals surface area contributed by atoms with Crippen molar-refractivity contribution in [2.24, 2.45) is 0 Å². The van der Waals surface area contributed by atoms with E-state index in [-0.39, 0.29) is 12.1 Å². The van der Waals surface area contributed by atoms with E-state index in [2.05, 4.69) is 5.32 Å². The second-order valence-corrected chi connectivity index (χ2v) is 7.63. The minimum atomic E-state index is -3.38. The van der Waals surface area contributed by atoms with Gasteiger partial charge in [-0.3, -0.25) is 0 Å². The lowest BCUT2D eigenvalue weighted by molar-refractivity contribution is 0.118. The van der Waals surface area contributed by atoms with Crippen LogP contribution in [-0.2, 0) is 19.5 Å². The fourth-order valence-electron chi connectivity index (χ4n) is 1.84. The molecule has 0 saturated heterocycles. The van der Waals surface area contributed by atoms with Crippen molar-refractivity contribution in [2.45, 2.75) is 45.0 Å². The van der Waals surface area contributed by atoms with Gasteiger partial charge in [-0.05, 0) is 13.8 Å². The molecule has 0 aromatic rings. The first kappa shape index (κ1) is 19.8. The molecule has 0 fully saturated rings. The number of hydrogen-bond acceptors (Lipinski definition) is 5. The molecule has 7 heteroatoms. The van der Waals surface area contributed by atoms with E-state index >= 15 is 0 Å². The Balaban J connectivity index is 4.90. The maximum atomic E-state index is 12.6. The van der Waals surface area contributed by atoms with Crippen LogP contribution in [-0.4, -0.2) is 70.6 Å². The first-order valence-electron chi connectivity index (χ1n) is 6.99. The Morgan fingerprint density at radius 2 is 1.70 bits per heavy atom. The Labute approximate surface area is 123 Å². The average Bonchev–Trinajstić information content (AvgIpc) is 2.36. The zero-order valence-electron chi connectivity index (χ0n) is 13.5. The Morgan fingerprint density at radius 1 is 1.10 bits per heavy atom. The van der Waals surface area contributed by atoms with Gasteiger partial charge in [-0.1, -0.05) is 13.8 Å². The highest BCUT2D eigenvalue weighted by molar-refractivity contribution is 7.89.